The van der Waals surface area contributed by atoms with Crippen molar-refractivity contribution in [2.75, 3.05) is 12.4 Å². The maximum atomic E-state index is 11.0. The predicted molar refractivity (Wildman–Crippen MR) is 75.7 cm³/mol. The number of amides is 1. The molecule has 2 aromatic rings. The van der Waals surface area contributed by atoms with E-state index >= 15 is 0 Å². The van der Waals surface area contributed by atoms with Crippen molar-refractivity contribution < 1.29 is 9.53 Å². The maximum absolute atomic E-state index is 11.0. The van der Waals surface area contributed by atoms with Gasteiger partial charge in [0.05, 0.1) is 7.11 Å². The predicted octanol–water partition coefficient (Wildman–Crippen LogP) is 2.38. The van der Waals surface area contributed by atoms with Gasteiger partial charge in [0.2, 0.25) is 5.95 Å². The van der Waals surface area contributed by atoms with Gasteiger partial charge in [0.25, 0.3) is 0 Å². The topological polar surface area (TPSA) is 76.1 Å². The molecule has 2 rings (SSSR count). The summed E-state index contributed by atoms with van der Waals surface area (Å²) in [4.78, 5) is 19.4. The molecule has 104 valence electrons. The molecule has 1 heterocycles. The van der Waals surface area contributed by atoms with Crippen molar-refractivity contribution in [1.29, 1.82) is 0 Å². The average molecular weight is 272 g/mol. The van der Waals surface area contributed by atoms with Crippen LogP contribution in [0.15, 0.2) is 36.5 Å². The molecule has 0 bridgehead atoms. The molecule has 0 fully saturated rings. The van der Waals surface area contributed by atoms with Crippen LogP contribution in [0.4, 0.5) is 16.4 Å². The number of carbonyl (C=O) groups is 1. The smallest absolute Gasteiger partial charge is 0.407 e. The number of hydrogen-bond donors (Lipinski definition) is 2. The van der Waals surface area contributed by atoms with E-state index in [0.717, 1.165) is 16.9 Å². The molecule has 0 spiro atoms. The van der Waals surface area contributed by atoms with Crippen LogP contribution in [-0.4, -0.2) is 23.2 Å². The number of methoxy groups -OCH3 is 1. The van der Waals surface area contributed by atoms with Crippen molar-refractivity contribution in [2.24, 2.45) is 0 Å². The van der Waals surface area contributed by atoms with Gasteiger partial charge in [0.1, 0.15) is 0 Å². The van der Waals surface area contributed by atoms with E-state index in [-0.39, 0.29) is 0 Å². The molecule has 0 aliphatic heterocycles. The number of aromatic nitrogens is 2. The highest BCUT2D eigenvalue weighted by molar-refractivity contribution is 5.67. The SMILES string of the molecule is COC(=O)NCc1ccc(Nc2nccc(C)n2)cc1. The Hall–Kier alpha value is -2.63. The van der Waals surface area contributed by atoms with E-state index in [0.29, 0.717) is 12.5 Å². The minimum Gasteiger partial charge on any atom is -0.453 e. The van der Waals surface area contributed by atoms with Gasteiger partial charge in [-0.3, -0.25) is 0 Å². The number of nitrogens with one attached hydrogen (secondary N) is 2. The molecule has 20 heavy (non-hydrogen) atoms. The van der Waals surface area contributed by atoms with Crippen LogP contribution in [0.25, 0.3) is 0 Å². The Balaban J connectivity index is 1.96. The normalized spacial score (nSPS) is 9.90. The first-order valence-electron chi connectivity index (χ1n) is 6.15. The van der Waals surface area contributed by atoms with Gasteiger partial charge < -0.3 is 15.4 Å². The van der Waals surface area contributed by atoms with Crippen LogP contribution in [-0.2, 0) is 11.3 Å². The third-order valence-electron chi connectivity index (χ3n) is 2.63. The van der Waals surface area contributed by atoms with Gasteiger partial charge in [-0.2, -0.15) is 0 Å². The standard InChI is InChI=1S/C14H16N4O2/c1-10-7-8-15-13(17-10)18-12-5-3-11(4-6-12)9-16-14(19)20-2/h3-8H,9H2,1-2H3,(H,16,19)(H,15,17,18). The maximum Gasteiger partial charge on any atom is 0.407 e. The number of benzene rings is 1. The molecule has 1 aromatic carbocycles. The van der Waals surface area contributed by atoms with Crippen LogP contribution in [0.2, 0.25) is 0 Å². The Labute approximate surface area is 117 Å². The lowest BCUT2D eigenvalue weighted by molar-refractivity contribution is 0.170. The summed E-state index contributed by atoms with van der Waals surface area (Å²) in [5, 5.41) is 5.73. The van der Waals surface area contributed by atoms with Crippen molar-refractivity contribution in [2.45, 2.75) is 13.5 Å². The zero-order valence-electron chi connectivity index (χ0n) is 11.4. The van der Waals surface area contributed by atoms with Crippen molar-refractivity contribution in [3.05, 3.63) is 47.8 Å². The van der Waals surface area contributed by atoms with Crippen molar-refractivity contribution in [1.82, 2.24) is 15.3 Å². The van der Waals surface area contributed by atoms with Gasteiger partial charge in [-0.05, 0) is 30.7 Å². The van der Waals surface area contributed by atoms with Crippen LogP contribution in [0.1, 0.15) is 11.3 Å². The quantitative estimate of drug-likeness (QED) is 0.893. The number of nitrogens with zero attached hydrogens (tertiary/aromatic N) is 2. The third kappa shape index (κ3) is 3.94. The summed E-state index contributed by atoms with van der Waals surface area (Å²) < 4.78 is 4.51. The number of alkyl carbamates (subject to hydrolysis) is 1. The summed E-state index contributed by atoms with van der Waals surface area (Å²) in [6.07, 6.45) is 1.26. The molecule has 1 aromatic heterocycles. The van der Waals surface area contributed by atoms with Crippen molar-refractivity contribution >= 4 is 17.7 Å². The Morgan fingerprint density at radius 3 is 2.65 bits per heavy atom. The molecule has 0 unspecified atom stereocenters. The van der Waals surface area contributed by atoms with Gasteiger partial charge in [-0.25, -0.2) is 14.8 Å². The van der Waals surface area contributed by atoms with E-state index in [9.17, 15) is 4.79 Å². The second-order valence-electron chi connectivity index (χ2n) is 4.19. The summed E-state index contributed by atoms with van der Waals surface area (Å²) in [5.74, 6) is 0.561. The fourth-order valence-corrected chi connectivity index (χ4v) is 1.59. The minimum atomic E-state index is -0.444. The number of carbonyl (C=O) groups excluding carboxylic acids is 1. The Morgan fingerprint density at radius 1 is 1.25 bits per heavy atom. The Morgan fingerprint density at radius 2 is 2.00 bits per heavy atom. The highest BCUT2D eigenvalue weighted by Crippen LogP contribution is 2.13. The van der Waals surface area contributed by atoms with Gasteiger partial charge in [-0.15, -0.1) is 0 Å². The zero-order valence-corrected chi connectivity index (χ0v) is 11.4. The fraction of sp³-hybridized carbons (Fsp3) is 0.214. The number of anilines is 2. The average Bonchev–Trinajstić information content (AvgIpc) is 2.46. The van der Waals surface area contributed by atoms with Crippen LogP contribution in [0.3, 0.4) is 0 Å². The summed E-state index contributed by atoms with van der Waals surface area (Å²) in [6.45, 7) is 2.34. The van der Waals surface area contributed by atoms with E-state index in [1.54, 1.807) is 6.20 Å². The van der Waals surface area contributed by atoms with Gasteiger partial charge in [0, 0.05) is 24.1 Å². The molecule has 0 atom stereocenters. The molecule has 6 heteroatoms. The van der Waals surface area contributed by atoms with Crippen LogP contribution in [0.5, 0.6) is 0 Å². The third-order valence-corrected chi connectivity index (χ3v) is 2.63. The molecule has 2 N–H and O–H groups in total. The highest BCUT2D eigenvalue weighted by atomic mass is 16.5. The zero-order chi connectivity index (χ0) is 14.4. The molecule has 0 radical (unpaired) electrons. The number of ether oxygens (including phenoxy) is 1. The monoisotopic (exact) mass is 272 g/mol. The largest absolute Gasteiger partial charge is 0.453 e. The van der Waals surface area contributed by atoms with Crippen LogP contribution in [0, 0.1) is 6.92 Å². The summed E-state index contributed by atoms with van der Waals surface area (Å²) in [5.41, 5.74) is 2.77. The van der Waals surface area contributed by atoms with Gasteiger partial charge in [-0.1, -0.05) is 12.1 Å². The summed E-state index contributed by atoms with van der Waals surface area (Å²) >= 11 is 0. The molecule has 0 saturated heterocycles. The van der Waals surface area contributed by atoms with Crippen molar-refractivity contribution in [3.8, 4) is 0 Å². The lowest BCUT2D eigenvalue weighted by atomic mass is 10.2. The van der Waals surface area contributed by atoms with E-state index in [2.05, 4.69) is 25.3 Å². The molecule has 0 saturated carbocycles. The lowest BCUT2D eigenvalue weighted by Gasteiger charge is -2.07. The highest BCUT2D eigenvalue weighted by Gasteiger charge is 2.01. The lowest BCUT2D eigenvalue weighted by Crippen LogP contribution is -2.22. The Bertz CT molecular complexity index is 584. The number of hydrogen-bond acceptors (Lipinski definition) is 5. The second-order valence-corrected chi connectivity index (χ2v) is 4.19. The second kappa shape index (κ2) is 6.51. The fourth-order valence-electron chi connectivity index (χ4n) is 1.59. The van der Waals surface area contributed by atoms with Crippen molar-refractivity contribution in [3.63, 3.8) is 0 Å². The van der Waals surface area contributed by atoms with E-state index in [1.165, 1.54) is 7.11 Å². The molecular formula is C14H16N4O2. The number of rotatable bonds is 4. The Kier molecular flexibility index (Phi) is 4.49. The van der Waals surface area contributed by atoms with E-state index in [1.807, 2.05) is 37.3 Å². The van der Waals surface area contributed by atoms with Gasteiger partial charge in [0.15, 0.2) is 0 Å². The van der Waals surface area contributed by atoms with E-state index < -0.39 is 6.09 Å². The molecule has 6 nitrogen and oxygen atoms in total. The van der Waals surface area contributed by atoms with Crippen LogP contribution >= 0.6 is 0 Å². The minimum absolute atomic E-state index is 0.425. The van der Waals surface area contributed by atoms with E-state index in [4.69, 9.17) is 0 Å². The molecule has 1 amide bonds. The first kappa shape index (κ1) is 13.8. The van der Waals surface area contributed by atoms with Gasteiger partial charge >= 0.3 is 6.09 Å². The molecule has 0 aliphatic carbocycles. The molecule has 0 aliphatic rings. The summed E-state index contributed by atoms with van der Waals surface area (Å²) in [6, 6.07) is 9.47. The van der Waals surface area contributed by atoms with Crippen LogP contribution < -0.4 is 10.6 Å². The number of aryl methyl sites for hydroxylation is 1. The summed E-state index contributed by atoms with van der Waals surface area (Å²) in [7, 11) is 1.34. The first-order valence-corrected chi connectivity index (χ1v) is 6.15. The molecular weight excluding hydrogens is 256 g/mol. The first-order chi connectivity index (χ1) is 9.67.